The number of aryl methyl sites for hydroxylation is 1. The number of para-hydroxylation sites is 1. The molecule has 174 valence electrons. The normalized spacial score (nSPS) is 15.4. The van der Waals surface area contributed by atoms with Crippen LogP contribution in [0.15, 0.2) is 88.9 Å². The highest BCUT2D eigenvalue weighted by atomic mass is 32.2. The van der Waals surface area contributed by atoms with Crippen molar-refractivity contribution in [1.29, 1.82) is 0 Å². The number of aromatic nitrogens is 1. The number of piperazine rings is 1. The molecular weight excluding hydrogens is 444 g/mol. The molecule has 1 saturated heterocycles. The van der Waals surface area contributed by atoms with Gasteiger partial charge in [-0.2, -0.15) is 5.10 Å². The van der Waals surface area contributed by atoms with Gasteiger partial charge in [0.05, 0.1) is 22.3 Å². The molecule has 3 aromatic carbocycles. The first-order chi connectivity index (χ1) is 16.4. The highest BCUT2D eigenvalue weighted by Crippen LogP contribution is 2.36. The van der Waals surface area contributed by atoms with Crippen LogP contribution in [-0.4, -0.2) is 61.7 Å². The van der Waals surface area contributed by atoms with Gasteiger partial charge in [0.1, 0.15) is 0 Å². The summed E-state index contributed by atoms with van der Waals surface area (Å²) in [4.78, 5) is 2.54. The first kappa shape index (κ1) is 22.4. The lowest BCUT2D eigenvalue weighted by atomic mass is 10.1. The Morgan fingerprint density at radius 3 is 2.18 bits per heavy atom. The zero-order valence-electron chi connectivity index (χ0n) is 19.4. The molecule has 0 radical (unpaired) electrons. The molecule has 1 aliphatic rings. The Balaban J connectivity index is 1.75. The second-order valence-corrected chi connectivity index (χ2v) is 10.5. The third-order valence-electron chi connectivity index (χ3n) is 6.31. The molecule has 0 amide bonds. The van der Waals surface area contributed by atoms with E-state index in [1.807, 2.05) is 79.9 Å². The lowest BCUT2D eigenvalue weighted by molar-refractivity contribution is 0.159. The largest absolute Gasteiger partial charge is 0.303 e. The molecule has 0 aliphatic carbocycles. The van der Waals surface area contributed by atoms with Crippen LogP contribution in [0.5, 0.6) is 0 Å². The molecule has 5 rings (SSSR count). The molecule has 7 heteroatoms. The van der Waals surface area contributed by atoms with Crippen LogP contribution < -0.4 is 0 Å². The maximum Gasteiger partial charge on any atom is 0.268 e. The smallest absolute Gasteiger partial charge is 0.268 e. The van der Waals surface area contributed by atoms with Crippen LogP contribution >= 0.6 is 0 Å². The number of rotatable bonds is 5. The van der Waals surface area contributed by atoms with Crippen LogP contribution in [-0.2, 0) is 10.0 Å². The van der Waals surface area contributed by atoms with Crippen molar-refractivity contribution in [3.63, 3.8) is 0 Å². The molecule has 1 aromatic heterocycles. The summed E-state index contributed by atoms with van der Waals surface area (Å²) in [7, 11) is -1.75. The van der Waals surface area contributed by atoms with Crippen molar-refractivity contribution < 1.29 is 8.42 Å². The van der Waals surface area contributed by atoms with Crippen LogP contribution in [0.2, 0.25) is 0 Å². The summed E-state index contributed by atoms with van der Waals surface area (Å²) in [6.45, 7) is 5.53. The van der Waals surface area contributed by atoms with E-state index in [9.17, 15) is 8.42 Å². The van der Waals surface area contributed by atoms with Gasteiger partial charge in [0.25, 0.3) is 10.0 Å². The molecule has 0 spiro atoms. The fourth-order valence-corrected chi connectivity index (χ4v) is 5.90. The van der Waals surface area contributed by atoms with Gasteiger partial charge in [-0.3, -0.25) is 5.01 Å². The van der Waals surface area contributed by atoms with Gasteiger partial charge in [0.2, 0.25) is 0 Å². The number of nitrogens with zero attached hydrogens (tertiary/aromatic N) is 4. The summed E-state index contributed by atoms with van der Waals surface area (Å²) < 4.78 is 29.5. The van der Waals surface area contributed by atoms with Crippen LogP contribution in [0.1, 0.15) is 11.1 Å². The molecule has 0 bridgehead atoms. The summed E-state index contributed by atoms with van der Waals surface area (Å²) in [5, 5.41) is 7.68. The van der Waals surface area contributed by atoms with E-state index in [1.54, 1.807) is 12.1 Å². The van der Waals surface area contributed by atoms with Gasteiger partial charge in [-0.1, -0.05) is 66.2 Å². The lowest BCUT2D eigenvalue weighted by Gasteiger charge is -2.30. The van der Waals surface area contributed by atoms with Crippen molar-refractivity contribution in [1.82, 2.24) is 13.9 Å². The summed E-state index contributed by atoms with van der Waals surface area (Å²) in [5.74, 6) is 0. The monoisotopic (exact) mass is 472 g/mol. The molecule has 6 nitrogen and oxygen atoms in total. The second-order valence-electron chi connectivity index (χ2n) is 8.73. The van der Waals surface area contributed by atoms with Gasteiger partial charge in [-0.05, 0) is 37.7 Å². The third kappa shape index (κ3) is 4.13. The molecule has 1 aliphatic heterocycles. The number of hydrogen-bond donors (Lipinski definition) is 0. The Labute approximate surface area is 200 Å². The van der Waals surface area contributed by atoms with Crippen LogP contribution in [0.3, 0.4) is 0 Å². The molecule has 0 N–H and O–H groups in total. The molecule has 4 aromatic rings. The van der Waals surface area contributed by atoms with Crippen LogP contribution in [0.25, 0.3) is 22.2 Å². The minimum Gasteiger partial charge on any atom is -0.303 e. The molecular formula is C27H28N4O2S. The van der Waals surface area contributed by atoms with Crippen molar-refractivity contribution in [3.8, 4) is 11.3 Å². The molecule has 34 heavy (non-hydrogen) atoms. The Bertz CT molecular complexity index is 1430. The minimum atomic E-state index is -3.86. The Morgan fingerprint density at radius 2 is 1.47 bits per heavy atom. The predicted octanol–water partition coefficient (Wildman–Crippen LogP) is 4.44. The summed E-state index contributed by atoms with van der Waals surface area (Å²) in [6, 6.07) is 24.3. The van der Waals surface area contributed by atoms with E-state index in [1.165, 1.54) is 3.97 Å². The standard InChI is InChI=1S/C27H28N4O2S/c1-21-12-14-23(15-13-21)34(32,33)31-26-11-7-6-10-24(26)25(27(31)22-8-4-3-5-9-22)20-28-30-18-16-29(2)17-19-30/h3-15,20H,16-19H2,1-2H3/b28-20+. The molecule has 1 fully saturated rings. The summed E-state index contributed by atoms with van der Waals surface area (Å²) in [5.41, 5.74) is 3.91. The van der Waals surface area contributed by atoms with E-state index >= 15 is 0 Å². The van der Waals surface area contributed by atoms with Crippen molar-refractivity contribution in [3.05, 3.63) is 90.0 Å². The van der Waals surface area contributed by atoms with Crippen molar-refractivity contribution >= 4 is 27.1 Å². The highest BCUT2D eigenvalue weighted by Gasteiger charge is 2.27. The van der Waals surface area contributed by atoms with Crippen molar-refractivity contribution in [2.24, 2.45) is 5.10 Å². The summed E-state index contributed by atoms with van der Waals surface area (Å²) >= 11 is 0. The number of benzene rings is 3. The topological polar surface area (TPSA) is 57.9 Å². The molecule has 0 atom stereocenters. The fraction of sp³-hybridized carbons (Fsp3) is 0.222. The molecule has 0 unspecified atom stereocenters. The van der Waals surface area contributed by atoms with E-state index in [4.69, 9.17) is 5.10 Å². The predicted molar refractivity (Wildman–Crippen MR) is 138 cm³/mol. The Kier molecular flexibility index (Phi) is 5.98. The lowest BCUT2D eigenvalue weighted by Crippen LogP contribution is -2.41. The molecule has 0 saturated carbocycles. The number of hydrogen-bond acceptors (Lipinski definition) is 5. The maximum absolute atomic E-state index is 14.0. The van der Waals surface area contributed by atoms with E-state index in [0.717, 1.165) is 48.3 Å². The number of likely N-dealkylation sites (N-methyl/N-ethyl adjacent to an activating group) is 1. The average Bonchev–Trinajstić information content (AvgIpc) is 3.20. The molecule has 2 heterocycles. The van der Waals surface area contributed by atoms with Crippen molar-refractivity contribution in [2.45, 2.75) is 11.8 Å². The van der Waals surface area contributed by atoms with Gasteiger partial charge in [0, 0.05) is 37.1 Å². The first-order valence-corrected chi connectivity index (χ1v) is 12.9. The van der Waals surface area contributed by atoms with Crippen LogP contribution in [0, 0.1) is 6.92 Å². The van der Waals surface area contributed by atoms with E-state index in [2.05, 4.69) is 17.0 Å². The zero-order valence-corrected chi connectivity index (χ0v) is 20.2. The van der Waals surface area contributed by atoms with E-state index in [-0.39, 0.29) is 4.90 Å². The second kappa shape index (κ2) is 9.08. The van der Waals surface area contributed by atoms with Crippen molar-refractivity contribution in [2.75, 3.05) is 33.2 Å². The third-order valence-corrected chi connectivity index (χ3v) is 8.04. The maximum atomic E-state index is 14.0. The van der Waals surface area contributed by atoms with E-state index < -0.39 is 10.0 Å². The zero-order chi connectivity index (χ0) is 23.7. The number of hydrazone groups is 1. The van der Waals surface area contributed by atoms with Gasteiger partial charge >= 0.3 is 0 Å². The summed E-state index contributed by atoms with van der Waals surface area (Å²) in [6.07, 6.45) is 1.83. The van der Waals surface area contributed by atoms with Gasteiger partial charge in [-0.25, -0.2) is 12.4 Å². The Morgan fingerprint density at radius 1 is 0.824 bits per heavy atom. The van der Waals surface area contributed by atoms with Crippen LogP contribution in [0.4, 0.5) is 0 Å². The van der Waals surface area contributed by atoms with Gasteiger partial charge < -0.3 is 4.90 Å². The average molecular weight is 473 g/mol. The first-order valence-electron chi connectivity index (χ1n) is 11.4. The minimum absolute atomic E-state index is 0.263. The highest BCUT2D eigenvalue weighted by molar-refractivity contribution is 7.90. The van der Waals surface area contributed by atoms with Gasteiger partial charge in [0.15, 0.2) is 0 Å². The SMILES string of the molecule is Cc1ccc(S(=O)(=O)n2c(-c3ccccc3)c(/C=N/N3CCN(C)CC3)c3ccccc32)cc1. The van der Waals surface area contributed by atoms with Gasteiger partial charge in [-0.15, -0.1) is 0 Å². The number of fused-ring (bicyclic) bond motifs is 1. The quantitative estimate of drug-likeness (QED) is 0.403. The Hall–Kier alpha value is -3.42. The fourth-order valence-electron chi connectivity index (χ4n) is 4.35. The van der Waals surface area contributed by atoms with E-state index in [0.29, 0.717) is 11.2 Å².